The molecule has 0 aliphatic heterocycles. The lowest BCUT2D eigenvalue weighted by Gasteiger charge is -2.06. The lowest BCUT2D eigenvalue weighted by molar-refractivity contribution is 0.696. The topological polar surface area (TPSA) is 48.0 Å². The predicted octanol–water partition coefficient (Wildman–Crippen LogP) is 1.30. The maximum absolute atomic E-state index is 11.7. The molecule has 0 amide bonds. The van der Waals surface area contributed by atoms with Crippen molar-refractivity contribution in [2.45, 2.75) is 25.4 Å². The molecular weight excluding hydrogens is 188 g/mol. The van der Waals surface area contributed by atoms with Crippen LogP contribution >= 0.6 is 11.6 Å². The lowest BCUT2D eigenvalue weighted by Crippen LogP contribution is -2.24. The Labute approximate surface area is 81.1 Å². The summed E-state index contributed by atoms with van der Waals surface area (Å²) >= 11 is 5.86. The van der Waals surface area contributed by atoms with Crippen LogP contribution in [0, 0.1) is 0 Å². The molecule has 0 radical (unpaired) electrons. The Morgan fingerprint density at radius 2 is 2.31 bits per heavy atom. The Morgan fingerprint density at radius 3 is 2.85 bits per heavy atom. The van der Waals surface area contributed by atoms with Crippen molar-refractivity contribution in [3.63, 3.8) is 0 Å². The molecule has 1 aromatic rings. The van der Waals surface area contributed by atoms with E-state index in [-0.39, 0.29) is 12.1 Å². The van der Waals surface area contributed by atoms with E-state index >= 15 is 0 Å². The zero-order valence-electron chi connectivity index (χ0n) is 7.16. The predicted molar refractivity (Wildman–Crippen MR) is 51.9 cm³/mol. The van der Waals surface area contributed by atoms with E-state index in [1.54, 1.807) is 16.8 Å². The molecule has 1 saturated carbocycles. The fraction of sp³-hybridized carbons (Fsp3) is 0.444. The van der Waals surface area contributed by atoms with E-state index in [9.17, 15) is 4.79 Å². The summed E-state index contributed by atoms with van der Waals surface area (Å²) in [5, 5.41) is 0.590. The number of rotatable bonds is 2. The van der Waals surface area contributed by atoms with Gasteiger partial charge in [0.1, 0.15) is 0 Å². The minimum absolute atomic E-state index is 0.00870. The highest BCUT2D eigenvalue weighted by atomic mass is 35.5. The summed E-state index contributed by atoms with van der Waals surface area (Å²) < 4.78 is 1.70. The van der Waals surface area contributed by atoms with Crippen molar-refractivity contribution in [1.82, 2.24) is 4.57 Å². The highest BCUT2D eigenvalue weighted by Gasteiger charge is 2.25. The van der Waals surface area contributed by atoms with E-state index in [1.165, 1.54) is 0 Å². The number of hydrogen-bond donors (Lipinski definition) is 1. The maximum Gasteiger partial charge on any atom is 0.255 e. The van der Waals surface area contributed by atoms with E-state index in [0.717, 1.165) is 12.8 Å². The average Bonchev–Trinajstić information content (AvgIpc) is 2.91. The quantitative estimate of drug-likeness (QED) is 0.779. The molecule has 1 heterocycles. The van der Waals surface area contributed by atoms with E-state index in [0.29, 0.717) is 16.6 Å². The van der Waals surface area contributed by atoms with Gasteiger partial charge in [0.05, 0.1) is 5.02 Å². The molecule has 1 aliphatic rings. The molecular formula is C9H11ClN2O. The number of halogens is 1. The van der Waals surface area contributed by atoms with Crippen LogP contribution in [0.3, 0.4) is 0 Å². The first-order chi connectivity index (χ1) is 6.22. The summed E-state index contributed by atoms with van der Waals surface area (Å²) in [6, 6.07) is 2.00. The Hall–Kier alpha value is -0.800. The van der Waals surface area contributed by atoms with Crippen LogP contribution in [-0.4, -0.2) is 4.57 Å². The minimum Gasteiger partial charge on any atom is -0.326 e. The molecule has 4 heteroatoms. The van der Waals surface area contributed by atoms with Crippen molar-refractivity contribution < 1.29 is 0 Å². The Bertz CT molecular complexity index is 382. The van der Waals surface area contributed by atoms with Crippen LogP contribution in [0.15, 0.2) is 17.1 Å². The monoisotopic (exact) mass is 198 g/mol. The third-order valence-electron chi connectivity index (χ3n) is 2.24. The van der Waals surface area contributed by atoms with Gasteiger partial charge in [0.15, 0.2) is 0 Å². The molecule has 0 spiro atoms. The van der Waals surface area contributed by atoms with Gasteiger partial charge in [-0.3, -0.25) is 4.79 Å². The smallest absolute Gasteiger partial charge is 0.255 e. The number of nitrogens with two attached hydrogens (primary N) is 1. The second-order valence-corrected chi connectivity index (χ2v) is 3.77. The van der Waals surface area contributed by atoms with Gasteiger partial charge in [-0.05, 0) is 18.9 Å². The summed E-state index contributed by atoms with van der Waals surface area (Å²) in [7, 11) is 0. The fourth-order valence-electron chi connectivity index (χ4n) is 1.39. The van der Waals surface area contributed by atoms with Gasteiger partial charge in [-0.1, -0.05) is 11.6 Å². The Kier molecular flexibility index (Phi) is 2.14. The summed E-state index contributed by atoms with van der Waals surface area (Å²) in [6.07, 6.45) is 3.84. The molecule has 0 atom stereocenters. The highest BCUT2D eigenvalue weighted by molar-refractivity contribution is 6.30. The van der Waals surface area contributed by atoms with Crippen LogP contribution in [0.5, 0.6) is 0 Å². The minimum atomic E-state index is 0.00870. The van der Waals surface area contributed by atoms with Gasteiger partial charge in [0.25, 0.3) is 5.56 Å². The number of pyridine rings is 1. The molecule has 13 heavy (non-hydrogen) atoms. The van der Waals surface area contributed by atoms with Gasteiger partial charge in [-0.25, -0.2) is 0 Å². The molecule has 2 N–H and O–H groups in total. The second kappa shape index (κ2) is 3.16. The van der Waals surface area contributed by atoms with Crippen LogP contribution in [-0.2, 0) is 6.54 Å². The summed E-state index contributed by atoms with van der Waals surface area (Å²) in [4.78, 5) is 11.7. The van der Waals surface area contributed by atoms with Gasteiger partial charge < -0.3 is 10.3 Å². The van der Waals surface area contributed by atoms with Crippen LogP contribution in [0.2, 0.25) is 5.02 Å². The normalized spacial score (nSPS) is 16.2. The molecule has 0 bridgehead atoms. The number of aromatic nitrogens is 1. The van der Waals surface area contributed by atoms with E-state index < -0.39 is 0 Å². The SMILES string of the molecule is NCc1cc(Cl)cn(C2CC2)c1=O. The Morgan fingerprint density at radius 1 is 1.62 bits per heavy atom. The molecule has 2 rings (SSSR count). The summed E-state index contributed by atoms with van der Waals surface area (Å²) in [5.74, 6) is 0. The lowest BCUT2D eigenvalue weighted by atomic mass is 10.3. The number of hydrogen-bond acceptors (Lipinski definition) is 2. The van der Waals surface area contributed by atoms with Crippen molar-refractivity contribution >= 4 is 11.6 Å². The van der Waals surface area contributed by atoms with Crippen molar-refractivity contribution in [3.05, 3.63) is 33.2 Å². The summed E-state index contributed by atoms with van der Waals surface area (Å²) in [6.45, 7) is 0.256. The first-order valence-corrected chi connectivity index (χ1v) is 4.71. The largest absolute Gasteiger partial charge is 0.326 e. The van der Waals surface area contributed by atoms with E-state index in [1.807, 2.05) is 0 Å². The Balaban J connectivity index is 2.54. The average molecular weight is 199 g/mol. The van der Waals surface area contributed by atoms with Crippen molar-refractivity contribution in [1.29, 1.82) is 0 Å². The molecule has 1 fully saturated rings. The van der Waals surface area contributed by atoms with Gasteiger partial charge >= 0.3 is 0 Å². The third kappa shape index (κ3) is 1.62. The highest BCUT2D eigenvalue weighted by Crippen LogP contribution is 2.33. The standard InChI is InChI=1S/C9H11ClN2O/c10-7-3-6(4-11)9(13)12(5-7)8-1-2-8/h3,5,8H,1-2,4,11H2. The second-order valence-electron chi connectivity index (χ2n) is 3.33. The fourth-order valence-corrected chi connectivity index (χ4v) is 1.63. The van der Waals surface area contributed by atoms with Crippen LogP contribution in [0.1, 0.15) is 24.4 Å². The first-order valence-electron chi connectivity index (χ1n) is 4.33. The summed E-state index contributed by atoms with van der Waals surface area (Å²) in [5.41, 5.74) is 6.04. The van der Waals surface area contributed by atoms with Gasteiger partial charge in [0.2, 0.25) is 0 Å². The third-order valence-corrected chi connectivity index (χ3v) is 2.45. The molecule has 1 aromatic heterocycles. The molecule has 0 aromatic carbocycles. The first kappa shape index (κ1) is 8.78. The zero-order chi connectivity index (χ0) is 9.42. The van der Waals surface area contributed by atoms with Gasteiger partial charge in [-0.15, -0.1) is 0 Å². The van der Waals surface area contributed by atoms with Crippen LogP contribution < -0.4 is 11.3 Å². The maximum atomic E-state index is 11.7. The van der Waals surface area contributed by atoms with Crippen molar-refractivity contribution in [3.8, 4) is 0 Å². The zero-order valence-corrected chi connectivity index (χ0v) is 7.92. The van der Waals surface area contributed by atoms with Crippen molar-refractivity contribution in [2.75, 3.05) is 0 Å². The molecule has 3 nitrogen and oxygen atoms in total. The molecule has 70 valence electrons. The number of nitrogens with zero attached hydrogens (tertiary/aromatic N) is 1. The van der Waals surface area contributed by atoms with Crippen LogP contribution in [0.4, 0.5) is 0 Å². The van der Waals surface area contributed by atoms with E-state index in [4.69, 9.17) is 17.3 Å². The van der Waals surface area contributed by atoms with Crippen molar-refractivity contribution in [2.24, 2.45) is 5.73 Å². The van der Waals surface area contributed by atoms with Gasteiger partial charge in [-0.2, -0.15) is 0 Å². The van der Waals surface area contributed by atoms with Crippen LogP contribution in [0.25, 0.3) is 0 Å². The van der Waals surface area contributed by atoms with Gasteiger partial charge in [0, 0.05) is 24.3 Å². The molecule has 1 aliphatic carbocycles. The molecule has 0 unspecified atom stereocenters. The molecule has 0 saturated heterocycles. The van der Waals surface area contributed by atoms with E-state index in [2.05, 4.69) is 0 Å².